The first-order valence-corrected chi connectivity index (χ1v) is 8.49. The van der Waals surface area contributed by atoms with E-state index in [9.17, 15) is 10.1 Å². The topological polar surface area (TPSA) is 64.2 Å². The molecule has 5 heteroatoms. The van der Waals surface area contributed by atoms with Crippen molar-refractivity contribution in [1.82, 2.24) is 4.57 Å². The molecular weight excluding hydrogens is 304 g/mol. The van der Waals surface area contributed by atoms with Gasteiger partial charge in [-0.25, -0.2) is 4.79 Å². The van der Waals surface area contributed by atoms with Crippen molar-refractivity contribution >= 4 is 12.0 Å². The van der Waals surface area contributed by atoms with E-state index < -0.39 is 5.97 Å². The third-order valence-corrected chi connectivity index (χ3v) is 4.23. The van der Waals surface area contributed by atoms with Crippen LogP contribution in [0.3, 0.4) is 0 Å². The van der Waals surface area contributed by atoms with E-state index >= 15 is 0 Å². The van der Waals surface area contributed by atoms with Crippen molar-refractivity contribution in [3.05, 3.63) is 28.6 Å². The minimum atomic E-state index is -0.582. The monoisotopic (exact) mass is 330 g/mol. The number of aromatic nitrogens is 1. The van der Waals surface area contributed by atoms with Crippen LogP contribution in [0, 0.1) is 31.1 Å². The molecule has 1 fully saturated rings. The number of nitrogens with zero attached hydrogens (tertiary/aromatic N) is 2. The zero-order chi connectivity index (χ0) is 17.7. The molecule has 1 unspecified atom stereocenters. The molecule has 0 amide bonds. The molecule has 130 valence electrons. The summed E-state index contributed by atoms with van der Waals surface area (Å²) in [6.45, 7) is 10.2. The van der Waals surface area contributed by atoms with E-state index in [-0.39, 0.29) is 18.3 Å². The van der Waals surface area contributed by atoms with Gasteiger partial charge < -0.3 is 14.0 Å². The molecule has 0 spiro atoms. The van der Waals surface area contributed by atoms with Gasteiger partial charge in [-0.15, -0.1) is 0 Å². The average Bonchev–Trinajstić information content (AvgIpc) is 3.14. The largest absolute Gasteiger partial charge is 0.459 e. The van der Waals surface area contributed by atoms with Crippen molar-refractivity contribution in [3.63, 3.8) is 0 Å². The van der Waals surface area contributed by atoms with Crippen LogP contribution in [0.1, 0.15) is 43.6 Å². The second-order valence-electron chi connectivity index (χ2n) is 6.73. The molecule has 1 aliphatic heterocycles. The molecule has 0 saturated carbocycles. The molecule has 1 saturated heterocycles. The molecule has 2 heterocycles. The van der Waals surface area contributed by atoms with Gasteiger partial charge in [0.15, 0.2) is 0 Å². The van der Waals surface area contributed by atoms with Crippen molar-refractivity contribution in [1.29, 1.82) is 5.26 Å². The molecule has 24 heavy (non-hydrogen) atoms. The Hall–Kier alpha value is -2.06. The quantitative estimate of drug-likeness (QED) is 0.455. The molecule has 1 aliphatic rings. The average molecular weight is 330 g/mol. The van der Waals surface area contributed by atoms with Crippen molar-refractivity contribution < 1.29 is 14.3 Å². The van der Waals surface area contributed by atoms with E-state index in [0.29, 0.717) is 12.5 Å². The first-order chi connectivity index (χ1) is 11.4. The Kier molecular flexibility index (Phi) is 6.22. The third-order valence-electron chi connectivity index (χ3n) is 4.23. The van der Waals surface area contributed by atoms with Crippen LogP contribution in [-0.2, 0) is 20.8 Å². The molecule has 5 nitrogen and oxygen atoms in total. The number of hydrogen-bond acceptors (Lipinski definition) is 4. The summed E-state index contributed by atoms with van der Waals surface area (Å²) in [6.07, 6.45) is 3.47. The van der Waals surface area contributed by atoms with E-state index in [1.54, 1.807) is 6.08 Å². The fraction of sp³-hybridized carbons (Fsp3) is 0.579. The Morgan fingerprint density at radius 2 is 2.29 bits per heavy atom. The van der Waals surface area contributed by atoms with Gasteiger partial charge in [-0.1, -0.05) is 13.8 Å². The van der Waals surface area contributed by atoms with Crippen LogP contribution in [0.25, 0.3) is 6.08 Å². The summed E-state index contributed by atoms with van der Waals surface area (Å²) in [5.74, 6) is -0.0555. The molecule has 1 aromatic heterocycles. The fourth-order valence-electron chi connectivity index (χ4n) is 2.93. The number of carbonyl (C=O) groups excluding carboxylic acids is 1. The van der Waals surface area contributed by atoms with Crippen LogP contribution in [0.2, 0.25) is 0 Å². The molecule has 1 atom stereocenters. The van der Waals surface area contributed by atoms with Crippen molar-refractivity contribution in [2.45, 2.75) is 53.2 Å². The number of hydrogen-bond donors (Lipinski definition) is 0. The second-order valence-corrected chi connectivity index (χ2v) is 6.73. The summed E-state index contributed by atoms with van der Waals surface area (Å²) in [5.41, 5.74) is 3.09. The lowest BCUT2D eigenvalue weighted by atomic mass is 10.1. The number of nitriles is 1. The van der Waals surface area contributed by atoms with Crippen molar-refractivity contribution in [2.24, 2.45) is 5.92 Å². The fourth-order valence-corrected chi connectivity index (χ4v) is 2.93. The van der Waals surface area contributed by atoms with E-state index in [0.717, 1.165) is 36.3 Å². The summed E-state index contributed by atoms with van der Waals surface area (Å²) in [6, 6.07) is 3.96. The van der Waals surface area contributed by atoms with Gasteiger partial charge in [0.25, 0.3) is 0 Å². The molecule has 0 aromatic carbocycles. The molecule has 2 rings (SSSR count). The van der Waals surface area contributed by atoms with Gasteiger partial charge in [0, 0.05) is 24.5 Å². The van der Waals surface area contributed by atoms with Crippen molar-refractivity contribution in [2.75, 3.05) is 13.2 Å². The predicted molar refractivity (Wildman–Crippen MR) is 92.3 cm³/mol. The lowest BCUT2D eigenvalue weighted by Gasteiger charge is -2.12. The first kappa shape index (κ1) is 18.3. The van der Waals surface area contributed by atoms with Crippen LogP contribution in [0.5, 0.6) is 0 Å². The van der Waals surface area contributed by atoms with Crippen LogP contribution in [0.15, 0.2) is 11.6 Å². The minimum Gasteiger partial charge on any atom is -0.459 e. The molecule has 1 aromatic rings. The van der Waals surface area contributed by atoms with Gasteiger partial charge in [0.05, 0.1) is 6.10 Å². The van der Waals surface area contributed by atoms with Gasteiger partial charge in [0.2, 0.25) is 0 Å². The highest BCUT2D eigenvalue weighted by Crippen LogP contribution is 2.20. The number of aryl methyl sites for hydroxylation is 1. The highest BCUT2D eigenvalue weighted by Gasteiger charge is 2.20. The third kappa shape index (κ3) is 4.48. The van der Waals surface area contributed by atoms with Crippen LogP contribution >= 0.6 is 0 Å². The highest BCUT2D eigenvalue weighted by atomic mass is 16.6. The maximum absolute atomic E-state index is 12.1. The summed E-state index contributed by atoms with van der Waals surface area (Å²) < 4.78 is 12.9. The van der Waals surface area contributed by atoms with Crippen LogP contribution < -0.4 is 0 Å². The standard InChI is InChI=1S/C19H26N2O3/c1-13(2)11-21-14(3)8-16(15(21)4)9-17(10-20)19(22)24-12-18-6-5-7-23-18/h8-9,13,18H,5-7,11-12H2,1-4H3/b17-9+. The van der Waals surface area contributed by atoms with Crippen LogP contribution in [-0.4, -0.2) is 29.9 Å². The summed E-state index contributed by atoms with van der Waals surface area (Å²) in [5, 5.41) is 9.30. The molecule has 0 radical (unpaired) electrons. The smallest absolute Gasteiger partial charge is 0.348 e. The zero-order valence-corrected chi connectivity index (χ0v) is 15.0. The van der Waals surface area contributed by atoms with Gasteiger partial charge >= 0.3 is 5.97 Å². The van der Waals surface area contributed by atoms with Gasteiger partial charge in [0.1, 0.15) is 18.2 Å². The Balaban J connectivity index is 2.11. The second kappa shape index (κ2) is 8.16. The lowest BCUT2D eigenvalue weighted by molar-refractivity contribution is -0.141. The number of esters is 1. The number of carbonyl (C=O) groups is 1. The van der Waals surface area contributed by atoms with Gasteiger partial charge in [-0.05, 0) is 50.3 Å². The molecule has 0 N–H and O–H groups in total. The summed E-state index contributed by atoms with van der Waals surface area (Å²) >= 11 is 0. The lowest BCUT2D eigenvalue weighted by Crippen LogP contribution is -2.18. The molecule has 0 bridgehead atoms. The van der Waals surface area contributed by atoms with E-state index in [1.807, 2.05) is 26.0 Å². The zero-order valence-electron chi connectivity index (χ0n) is 15.0. The first-order valence-electron chi connectivity index (χ1n) is 8.49. The maximum Gasteiger partial charge on any atom is 0.348 e. The Morgan fingerprint density at radius 1 is 1.54 bits per heavy atom. The summed E-state index contributed by atoms with van der Waals surface area (Å²) in [7, 11) is 0. The van der Waals surface area contributed by atoms with E-state index in [2.05, 4.69) is 18.4 Å². The minimum absolute atomic E-state index is 0.0257. The van der Waals surface area contributed by atoms with Crippen molar-refractivity contribution in [3.8, 4) is 6.07 Å². The number of ether oxygens (including phenoxy) is 2. The summed E-state index contributed by atoms with van der Waals surface area (Å²) in [4.78, 5) is 12.1. The van der Waals surface area contributed by atoms with E-state index in [1.165, 1.54) is 0 Å². The maximum atomic E-state index is 12.1. The van der Waals surface area contributed by atoms with Gasteiger partial charge in [-0.2, -0.15) is 5.26 Å². The van der Waals surface area contributed by atoms with E-state index in [4.69, 9.17) is 9.47 Å². The normalized spacial score (nSPS) is 18.0. The number of rotatable bonds is 6. The SMILES string of the molecule is Cc1cc(/C=C(\C#N)C(=O)OCC2CCCO2)c(C)n1CC(C)C. The highest BCUT2D eigenvalue weighted by molar-refractivity contribution is 5.98. The molecule has 0 aliphatic carbocycles. The Bertz CT molecular complexity index is 659. The predicted octanol–water partition coefficient (Wildman–Crippen LogP) is 3.39. The molecular formula is C19H26N2O3. The Labute approximate surface area is 143 Å². The van der Waals surface area contributed by atoms with Gasteiger partial charge in [-0.3, -0.25) is 0 Å². The Morgan fingerprint density at radius 3 is 2.88 bits per heavy atom. The van der Waals surface area contributed by atoms with Crippen LogP contribution in [0.4, 0.5) is 0 Å².